The fourth-order valence-corrected chi connectivity index (χ4v) is 3.72. The first-order valence-corrected chi connectivity index (χ1v) is 11.0. The second kappa shape index (κ2) is 13.4. The quantitative estimate of drug-likeness (QED) is 0.307. The lowest BCUT2D eigenvalue weighted by atomic mass is 9.99. The summed E-state index contributed by atoms with van der Waals surface area (Å²) in [6.45, 7) is 3.17. The van der Waals surface area contributed by atoms with Crippen LogP contribution < -0.4 is 0 Å². The van der Waals surface area contributed by atoms with E-state index in [4.69, 9.17) is 21.1 Å². The summed E-state index contributed by atoms with van der Waals surface area (Å²) in [4.78, 5) is 25.5. The molecule has 1 aliphatic rings. The van der Waals surface area contributed by atoms with Gasteiger partial charge in [0.15, 0.2) is 0 Å². The lowest BCUT2D eigenvalue weighted by Gasteiger charge is -2.34. The highest BCUT2D eigenvalue weighted by Gasteiger charge is 2.25. The molecule has 1 aromatic carbocycles. The SMILES string of the molecule is CCOC(=O)COCCCCN1C(=O)CCCC1/C=C/[C@H](O)Cc1cccc(Cl)c1. The fourth-order valence-electron chi connectivity index (χ4n) is 3.51. The van der Waals surface area contributed by atoms with Gasteiger partial charge < -0.3 is 19.5 Å². The first-order chi connectivity index (χ1) is 14.5. The summed E-state index contributed by atoms with van der Waals surface area (Å²) in [5.41, 5.74) is 0.971. The Bertz CT molecular complexity index is 709. The molecule has 166 valence electrons. The Kier molecular flexibility index (Phi) is 10.9. The van der Waals surface area contributed by atoms with Crippen molar-refractivity contribution in [2.24, 2.45) is 0 Å². The van der Waals surface area contributed by atoms with E-state index in [2.05, 4.69) is 0 Å². The van der Waals surface area contributed by atoms with Gasteiger partial charge in [0.1, 0.15) is 6.61 Å². The molecule has 0 saturated carbocycles. The summed E-state index contributed by atoms with van der Waals surface area (Å²) in [5.74, 6) is -0.210. The molecule has 0 radical (unpaired) electrons. The van der Waals surface area contributed by atoms with E-state index in [0.717, 1.165) is 31.2 Å². The van der Waals surface area contributed by atoms with E-state index in [1.165, 1.54) is 0 Å². The lowest BCUT2D eigenvalue weighted by molar-refractivity contribution is -0.148. The van der Waals surface area contributed by atoms with E-state index in [9.17, 15) is 14.7 Å². The Hall–Kier alpha value is -1.89. The van der Waals surface area contributed by atoms with E-state index in [0.29, 0.717) is 37.6 Å². The van der Waals surface area contributed by atoms with Crippen LogP contribution in [0.1, 0.15) is 44.6 Å². The van der Waals surface area contributed by atoms with Gasteiger partial charge in [-0.1, -0.05) is 35.9 Å². The number of hydrogen-bond acceptors (Lipinski definition) is 5. The number of piperidine rings is 1. The highest BCUT2D eigenvalue weighted by atomic mass is 35.5. The van der Waals surface area contributed by atoms with Crippen LogP contribution >= 0.6 is 11.6 Å². The fraction of sp³-hybridized carbons (Fsp3) is 0.565. The molecule has 1 N–H and O–H groups in total. The van der Waals surface area contributed by atoms with Crippen molar-refractivity contribution >= 4 is 23.5 Å². The first kappa shape index (κ1) is 24.4. The van der Waals surface area contributed by atoms with Gasteiger partial charge in [-0.3, -0.25) is 4.79 Å². The minimum absolute atomic E-state index is 0.000659. The normalized spacial score (nSPS) is 18.0. The molecule has 1 unspecified atom stereocenters. The first-order valence-electron chi connectivity index (χ1n) is 10.6. The average Bonchev–Trinajstić information content (AvgIpc) is 2.70. The van der Waals surface area contributed by atoms with Crippen LogP contribution in [-0.2, 0) is 25.5 Å². The monoisotopic (exact) mass is 437 g/mol. The van der Waals surface area contributed by atoms with E-state index in [1.54, 1.807) is 19.1 Å². The predicted molar refractivity (Wildman–Crippen MR) is 116 cm³/mol. The minimum atomic E-state index is -0.626. The molecule has 2 rings (SSSR count). The molecule has 0 aliphatic carbocycles. The molecule has 6 nitrogen and oxygen atoms in total. The van der Waals surface area contributed by atoms with Crippen molar-refractivity contribution in [1.82, 2.24) is 4.90 Å². The number of benzene rings is 1. The van der Waals surface area contributed by atoms with Gasteiger partial charge in [0.25, 0.3) is 0 Å². The summed E-state index contributed by atoms with van der Waals surface area (Å²) in [6.07, 6.45) is 7.45. The molecule has 30 heavy (non-hydrogen) atoms. The number of rotatable bonds is 12. The molecular formula is C23H32ClNO5. The third kappa shape index (κ3) is 8.86. The van der Waals surface area contributed by atoms with E-state index >= 15 is 0 Å². The number of carbonyl (C=O) groups excluding carboxylic acids is 2. The van der Waals surface area contributed by atoms with Crippen LogP contribution in [0, 0.1) is 0 Å². The zero-order valence-electron chi connectivity index (χ0n) is 17.6. The molecule has 0 bridgehead atoms. The van der Waals surface area contributed by atoms with E-state index < -0.39 is 6.10 Å². The van der Waals surface area contributed by atoms with E-state index in [-0.39, 0.29) is 24.5 Å². The molecule has 7 heteroatoms. The van der Waals surface area contributed by atoms with Crippen molar-refractivity contribution in [3.8, 4) is 0 Å². The number of aliphatic hydroxyl groups excluding tert-OH is 1. The van der Waals surface area contributed by atoms with Crippen molar-refractivity contribution in [2.75, 3.05) is 26.4 Å². The van der Waals surface area contributed by atoms with Gasteiger partial charge >= 0.3 is 5.97 Å². The molecule has 1 aliphatic heterocycles. The van der Waals surface area contributed by atoms with Crippen molar-refractivity contribution in [2.45, 2.75) is 57.6 Å². The molecule has 1 amide bonds. The van der Waals surface area contributed by atoms with Gasteiger partial charge in [0.05, 0.1) is 18.8 Å². The number of ether oxygens (including phenoxy) is 2. The largest absolute Gasteiger partial charge is 0.464 e. The Morgan fingerprint density at radius 1 is 1.40 bits per heavy atom. The van der Waals surface area contributed by atoms with Gasteiger partial charge in [0, 0.05) is 31.0 Å². The topological polar surface area (TPSA) is 76.1 Å². The average molecular weight is 438 g/mol. The number of hydrogen-bond donors (Lipinski definition) is 1. The number of carbonyl (C=O) groups is 2. The van der Waals surface area contributed by atoms with Gasteiger partial charge in [0.2, 0.25) is 5.91 Å². The van der Waals surface area contributed by atoms with Gasteiger partial charge in [-0.15, -0.1) is 0 Å². The molecule has 1 saturated heterocycles. The maximum absolute atomic E-state index is 12.4. The summed E-state index contributed by atoms with van der Waals surface area (Å²) in [7, 11) is 0. The van der Waals surface area contributed by atoms with Crippen molar-refractivity contribution in [3.63, 3.8) is 0 Å². The third-order valence-corrected chi connectivity index (χ3v) is 5.20. The maximum atomic E-state index is 12.4. The molecule has 1 heterocycles. The number of amides is 1. The smallest absolute Gasteiger partial charge is 0.332 e. The zero-order valence-corrected chi connectivity index (χ0v) is 18.4. The number of nitrogens with zero attached hydrogens (tertiary/aromatic N) is 1. The van der Waals surface area contributed by atoms with E-state index in [1.807, 2.05) is 29.2 Å². The Morgan fingerprint density at radius 2 is 2.23 bits per heavy atom. The summed E-state index contributed by atoms with van der Waals surface area (Å²) < 4.78 is 10.1. The number of halogens is 1. The maximum Gasteiger partial charge on any atom is 0.332 e. The van der Waals surface area contributed by atoms with Crippen LogP contribution in [0.25, 0.3) is 0 Å². The number of aliphatic hydroxyl groups is 1. The molecular weight excluding hydrogens is 406 g/mol. The second-order valence-corrected chi connectivity index (χ2v) is 7.83. The Morgan fingerprint density at radius 3 is 3.00 bits per heavy atom. The van der Waals surface area contributed by atoms with Crippen LogP contribution in [0.4, 0.5) is 0 Å². The number of unbranched alkanes of at least 4 members (excludes halogenated alkanes) is 1. The molecule has 2 atom stereocenters. The van der Waals surface area contributed by atoms with Crippen LogP contribution in [0.3, 0.4) is 0 Å². The zero-order chi connectivity index (χ0) is 21.8. The highest BCUT2D eigenvalue weighted by molar-refractivity contribution is 6.30. The molecule has 0 aromatic heterocycles. The number of esters is 1. The predicted octanol–water partition coefficient (Wildman–Crippen LogP) is 3.54. The minimum Gasteiger partial charge on any atom is -0.464 e. The highest BCUT2D eigenvalue weighted by Crippen LogP contribution is 2.20. The third-order valence-electron chi connectivity index (χ3n) is 4.96. The number of likely N-dealkylation sites (tertiary alicyclic amines) is 1. The Balaban J connectivity index is 1.77. The van der Waals surface area contributed by atoms with Crippen molar-refractivity contribution in [3.05, 3.63) is 47.0 Å². The summed E-state index contributed by atoms with van der Waals surface area (Å²) >= 11 is 6.00. The van der Waals surface area contributed by atoms with Crippen LogP contribution in [0.15, 0.2) is 36.4 Å². The van der Waals surface area contributed by atoms with Crippen LogP contribution in [-0.4, -0.2) is 60.4 Å². The van der Waals surface area contributed by atoms with Crippen molar-refractivity contribution < 1.29 is 24.2 Å². The van der Waals surface area contributed by atoms with Crippen LogP contribution in [0.5, 0.6) is 0 Å². The molecule has 1 fully saturated rings. The molecule has 0 spiro atoms. The Labute approximate surface area is 183 Å². The summed E-state index contributed by atoms with van der Waals surface area (Å²) in [5, 5.41) is 11.0. The van der Waals surface area contributed by atoms with Gasteiger partial charge in [-0.05, 0) is 50.3 Å². The summed E-state index contributed by atoms with van der Waals surface area (Å²) in [6, 6.07) is 7.45. The van der Waals surface area contributed by atoms with Gasteiger partial charge in [-0.2, -0.15) is 0 Å². The second-order valence-electron chi connectivity index (χ2n) is 7.40. The lowest BCUT2D eigenvalue weighted by Crippen LogP contribution is -2.43. The molecule has 1 aromatic rings. The standard InChI is InChI=1S/C23H32ClNO5/c1-2-30-23(28)17-29-14-4-3-13-25-20(9-6-10-22(25)27)11-12-21(26)16-18-7-5-8-19(24)15-18/h5,7-8,11-12,15,20-21,26H,2-4,6,9-10,13-14,16-17H2,1H3/b12-11+/t20?,21-/m0/s1. The van der Waals surface area contributed by atoms with Crippen molar-refractivity contribution in [1.29, 1.82) is 0 Å². The van der Waals surface area contributed by atoms with Crippen LogP contribution in [0.2, 0.25) is 5.02 Å². The van der Waals surface area contributed by atoms with Gasteiger partial charge in [-0.25, -0.2) is 4.79 Å².